The largest absolute Gasteiger partial charge is 0.490 e. The van der Waals surface area contributed by atoms with E-state index in [-0.39, 0.29) is 30.1 Å². The Morgan fingerprint density at radius 2 is 1.93 bits per heavy atom. The average molecular weight is 465 g/mol. The van der Waals surface area contributed by atoms with Crippen molar-refractivity contribution in [1.29, 1.82) is 0 Å². The third kappa shape index (κ3) is 6.20. The summed E-state index contributed by atoms with van der Waals surface area (Å²) in [5.41, 5.74) is 2.64. The molecular weight excluding hydrogens is 440 g/mol. The smallest absolute Gasteiger partial charge is 0.142 e. The van der Waals surface area contributed by atoms with Gasteiger partial charge in [0.2, 0.25) is 0 Å². The van der Waals surface area contributed by atoms with E-state index in [9.17, 15) is 9.50 Å². The number of morpholine rings is 1. The minimum atomic E-state index is -0.657. The minimum absolute atomic E-state index is 0. The zero-order chi connectivity index (χ0) is 20.3. The highest BCUT2D eigenvalue weighted by Crippen LogP contribution is 2.32. The first-order valence-corrected chi connectivity index (χ1v) is 9.96. The normalized spacial score (nSPS) is 18.2. The number of aliphatic hydroxyl groups is 1. The Balaban J connectivity index is 0.00000300. The van der Waals surface area contributed by atoms with E-state index in [1.165, 1.54) is 12.1 Å². The number of halogens is 4. The van der Waals surface area contributed by atoms with Gasteiger partial charge in [0.1, 0.15) is 24.3 Å². The van der Waals surface area contributed by atoms with Crippen LogP contribution in [-0.4, -0.2) is 49.0 Å². The van der Waals surface area contributed by atoms with Crippen LogP contribution >= 0.6 is 35.6 Å². The molecule has 1 saturated heterocycles. The van der Waals surface area contributed by atoms with Gasteiger partial charge in [0.25, 0.3) is 0 Å². The first-order valence-electron chi connectivity index (χ1n) is 9.20. The lowest BCUT2D eigenvalue weighted by Crippen LogP contribution is -2.43. The Bertz CT molecular complexity index is 817. The topological polar surface area (TPSA) is 41.9 Å². The molecule has 1 heterocycles. The molecule has 0 spiro atoms. The molecule has 1 aliphatic rings. The molecule has 0 saturated carbocycles. The SMILES string of the molecule is Cc1cccc(C)c1OCC(O)CN1CCOC(c2cc(F)c(Cl)cc2Cl)C1.Cl. The predicted molar refractivity (Wildman–Crippen MR) is 116 cm³/mol. The lowest BCUT2D eigenvalue weighted by Gasteiger charge is -2.34. The van der Waals surface area contributed by atoms with Crippen LogP contribution in [0.3, 0.4) is 0 Å². The number of ether oxygens (including phenoxy) is 2. The van der Waals surface area contributed by atoms with Gasteiger partial charge in [-0.15, -0.1) is 12.4 Å². The van der Waals surface area contributed by atoms with Gasteiger partial charge >= 0.3 is 0 Å². The molecule has 2 aromatic carbocycles. The molecule has 1 aliphatic heterocycles. The molecule has 1 fully saturated rings. The monoisotopic (exact) mass is 463 g/mol. The second kappa shape index (κ2) is 10.8. The van der Waals surface area contributed by atoms with E-state index < -0.39 is 11.9 Å². The molecule has 29 heavy (non-hydrogen) atoms. The van der Waals surface area contributed by atoms with E-state index in [2.05, 4.69) is 4.90 Å². The maximum Gasteiger partial charge on any atom is 0.142 e. The number of nitrogens with zero attached hydrogens (tertiary/aromatic N) is 1. The van der Waals surface area contributed by atoms with Crippen molar-refractivity contribution in [1.82, 2.24) is 4.90 Å². The molecule has 3 rings (SSSR count). The molecule has 2 atom stereocenters. The molecule has 0 radical (unpaired) electrons. The van der Waals surface area contributed by atoms with Crippen LogP contribution in [0, 0.1) is 19.7 Å². The van der Waals surface area contributed by atoms with Crippen LogP contribution in [0.25, 0.3) is 0 Å². The third-order valence-electron chi connectivity index (χ3n) is 4.83. The summed E-state index contributed by atoms with van der Waals surface area (Å²) in [4.78, 5) is 2.07. The quantitative estimate of drug-likeness (QED) is 0.612. The number of aliphatic hydroxyl groups excluding tert-OH is 1. The third-order valence-corrected chi connectivity index (χ3v) is 5.45. The fourth-order valence-corrected chi connectivity index (χ4v) is 3.90. The fourth-order valence-electron chi connectivity index (χ4n) is 3.40. The maximum absolute atomic E-state index is 13.8. The first-order chi connectivity index (χ1) is 13.3. The van der Waals surface area contributed by atoms with Crippen molar-refractivity contribution in [3.05, 3.63) is 62.9 Å². The summed E-state index contributed by atoms with van der Waals surface area (Å²) in [5, 5.41) is 10.8. The Labute approximate surface area is 186 Å². The highest BCUT2D eigenvalue weighted by atomic mass is 35.5. The lowest BCUT2D eigenvalue weighted by molar-refractivity contribution is -0.0460. The number of hydrogen-bond donors (Lipinski definition) is 1. The molecule has 160 valence electrons. The van der Waals surface area contributed by atoms with Crippen molar-refractivity contribution in [2.45, 2.75) is 26.1 Å². The van der Waals surface area contributed by atoms with E-state index in [1.54, 1.807) is 0 Å². The molecule has 0 aliphatic carbocycles. The molecule has 0 amide bonds. The molecular formula is C21H25Cl3FNO3. The molecule has 2 unspecified atom stereocenters. The first kappa shape index (κ1) is 24.2. The van der Waals surface area contributed by atoms with Crippen LogP contribution in [0.1, 0.15) is 22.8 Å². The molecule has 1 N–H and O–H groups in total. The van der Waals surface area contributed by atoms with E-state index in [0.717, 1.165) is 16.9 Å². The van der Waals surface area contributed by atoms with Crippen molar-refractivity contribution in [3.63, 3.8) is 0 Å². The number of aryl methyl sites for hydroxylation is 2. The predicted octanol–water partition coefficient (Wildman–Crippen LogP) is 4.98. The van der Waals surface area contributed by atoms with E-state index >= 15 is 0 Å². The summed E-state index contributed by atoms with van der Waals surface area (Å²) in [5.74, 6) is 0.286. The van der Waals surface area contributed by atoms with Crippen molar-refractivity contribution in [2.75, 3.05) is 32.8 Å². The zero-order valence-electron chi connectivity index (χ0n) is 16.3. The van der Waals surface area contributed by atoms with E-state index in [4.69, 9.17) is 32.7 Å². The van der Waals surface area contributed by atoms with Gasteiger partial charge in [-0.3, -0.25) is 4.90 Å². The maximum atomic E-state index is 13.8. The summed E-state index contributed by atoms with van der Waals surface area (Å²) >= 11 is 12.0. The second-order valence-corrected chi connectivity index (χ2v) is 7.91. The van der Waals surface area contributed by atoms with Crippen LogP contribution in [0.4, 0.5) is 4.39 Å². The van der Waals surface area contributed by atoms with Crippen molar-refractivity contribution in [2.24, 2.45) is 0 Å². The molecule has 0 aromatic heterocycles. The van der Waals surface area contributed by atoms with Gasteiger partial charge in [-0.2, -0.15) is 0 Å². The average Bonchev–Trinajstić information content (AvgIpc) is 2.64. The number of rotatable bonds is 6. The lowest BCUT2D eigenvalue weighted by atomic mass is 10.1. The van der Waals surface area contributed by atoms with Crippen LogP contribution < -0.4 is 4.74 Å². The van der Waals surface area contributed by atoms with Crippen molar-refractivity contribution < 1.29 is 19.0 Å². The summed E-state index contributed by atoms with van der Waals surface area (Å²) in [6.45, 7) is 6.23. The molecule has 4 nitrogen and oxygen atoms in total. The number of β-amino-alcohol motifs (C(OH)–C–C–N with tert-alkyl or cyclic N) is 1. The van der Waals surface area contributed by atoms with Gasteiger partial charge in [0, 0.05) is 30.2 Å². The highest BCUT2D eigenvalue weighted by molar-refractivity contribution is 6.35. The minimum Gasteiger partial charge on any atom is -0.490 e. The van der Waals surface area contributed by atoms with Crippen LogP contribution in [0.5, 0.6) is 5.75 Å². The number of benzene rings is 2. The number of hydrogen-bond acceptors (Lipinski definition) is 4. The molecule has 0 bridgehead atoms. The Morgan fingerprint density at radius 3 is 2.62 bits per heavy atom. The van der Waals surface area contributed by atoms with Gasteiger partial charge in [-0.05, 0) is 37.1 Å². The Morgan fingerprint density at radius 1 is 1.24 bits per heavy atom. The standard InChI is InChI=1S/C21H24Cl2FNO3.ClH/c1-13-4-3-5-14(2)21(13)28-12-15(26)10-25-6-7-27-20(11-25)16-8-19(24)18(23)9-17(16)22;/h3-5,8-9,15,20,26H,6-7,10-12H2,1-2H3;1H. The summed E-state index contributed by atoms with van der Waals surface area (Å²) in [6.07, 6.45) is -1.03. The second-order valence-electron chi connectivity index (χ2n) is 7.09. The van der Waals surface area contributed by atoms with Crippen molar-refractivity contribution in [3.8, 4) is 5.75 Å². The van der Waals surface area contributed by atoms with Crippen LogP contribution in [0.15, 0.2) is 30.3 Å². The Kier molecular flexibility index (Phi) is 9.01. The van der Waals surface area contributed by atoms with Crippen LogP contribution in [-0.2, 0) is 4.74 Å². The summed E-state index contributed by atoms with van der Waals surface area (Å²) in [7, 11) is 0. The zero-order valence-corrected chi connectivity index (χ0v) is 18.7. The van der Waals surface area contributed by atoms with Gasteiger partial charge in [-0.25, -0.2) is 4.39 Å². The van der Waals surface area contributed by atoms with Crippen LogP contribution in [0.2, 0.25) is 10.0 Å². The van der Waals surface area contributed by atoms with Gasteiger partial charge in [0.15, 0.2) is 0 Å². The van der Waals surface area contributed by atoms with E-state index in [0.29, 0.717) is 36.8 Å². The van der Waals surface area contributed by atoms with Gasteiger partial charge < -0.3 is 14.6 Å². The number of para-hydroxylation sites is 1. The van der Waals surface area contributed by atoms with Gasteiger partial charge in [-0.1, -0.05) is 41.4 Å². The highest BCUT2D eigenvalue weighted by Gasteiger charge is 2.26. The van der Waals surface area contributed by atoms with Gasteiger partial charge in [0.05, 0.1) is 17.7 Å². The molecule has 8 heteroatoms. The summed E-state index contributed by atoms with van der Waals surface area (Å²) < 4.78 is 25.4. The summed E-state index contributed by atoms with van der Waals surface area (Å²) in [6, 6.07) is 8.65. The van der Waals surface area contributed by atoms with Crippen molar-refractivity contribution >= 4 is 35.6 Å². The van der Waals surface area contributed by atoms with E-state index in [1.807, 2.05) is 32.0 Å². The Hall–Kier alpha value is -1.08. The fraction of sp³-hybridized carbons (Fsp3) is 0.429. The molecule has 2 aromatic rings.